The van der Waals surface area contributed by atoms with Crippen molar-refractivity contribution in [2.45, 2.75) is 26.4 Å². The third-order valence-electron chi connectivity index (χ3n) is 5.36. The molecule has 1 aliphatic heterocycles. The third-order valence-corrected chi connectivity index (χ3v) is 6.79. The standard InChI is InChI=1S/C25H25ClN2O2S/c1-18-23(31-24(27-18)21-10-12-22(26)13-11-21)14-9-19-8-5-15-28(16-19)25(29)30-17-20-6-3-2-4-7-20/h2-4,6-7,9-14,19H,5,8,15-17H2,1H3/b14-9+. The van der Waals surface area contributed by atoms with Gasteiger partial charge in [-0.25, -0.2) is 9.78 Å². The predicted octanol–water partition coefficient (Wildman–Crippen LogP) is 6.83. The molecule has 1 saturated heterocycles. The molecule has 1 fully saturated rings. The lowest BCUT2D eigenvalue weighted by Crippen LogP contribution is -2.39. The highest BCUT2D eigenvalue weighted by Crippen LogP contribution is 2.30. The average Bonchev–Trinajstić information content (AvgIpc) is 3.18. The van der Waals surface area contributed by atoms with E-state index in [2.05, 4.69) is 12.2 Å². The number of benzene rings is 2. The van der Waals surface area contributed by atoms with Crippen LogP contribution in [0.1, 0.15) is 29.0 Å². The number of carbonyl (C=O) groups is 1. The number of rotatable bonds is 5. The summed E-state index contributed by atoms with van der Waals surface area (Å²) in [5.41, 5.74) is 3.09. The molecule has 0 N–H and O–H groups in total. The fraction of sp³-hybridized carbons (Fsp3) is 0.280. The summed E-state index contributed by atoms with van der Waals surface area (Å²) in [6.45, 7) is 3.78. The van der Waals surface area contributed by atoms with E-state index in [4.69, 9.17) is 21.3 Å². The Balaban J connectivity index is 1.36. The summed E-state index contributed by atoms with van der Waals surface area (Å²) in [7, 11) is 0. The minimum Gasteiger partial charge on any atom is -0.445 e. The molecular weight excluding hydrogens is 428 g/mol. The molecule has 160 valence electrons. The van der Waals surface area contributed by atoms with E-state index in [0.29, 0.717) is 19.1 Å². The Hall–Kier alpha value is -2.63. The molecule has 2 aromatic carbocycles. The number of thiazole rings is 1. The Morgan fingerprint density at radius 2 is 2.00 bits per heavy atom. The molecule has 0 spiro atoms. The second kappa shape index (κ2) is 10.1. The van der Waals surface area contributed by atoms with Crippen LogP contribution < -0.4 is 0 Å². The smallest absolute Gasteiger partial charge is 0.410 e. The maximum atomic E-state index is 12.5. The summed E-state index contributed by atoms with van der Waals surface area (Å²) in [4.78, 5) is 20.2. The van der Waals surface area contributed by atoms with Gasteiger partial charge in [-0.3, -0.25) is 0 Å². The van der Waals surface area contributed by atoms with Crippen LogP contribution in [-0.2, 0) is 11.3 Å². The van der Waals surface area contributed by atoms with Crippen molar-refractivity contribution in [2.75, 3.05) is 13.1 Å². The first-order chi connectivity index (χ1) is 15.1. The molecular formula is C25H25ClN2O2S. The monoisotopic (exact) mass is 452 g/mol. The summed E-state index contributed by atoms with van der Waals surface area (Å²) in [5.74, 6) is 0.318. The highest BCUT2D eigenvalue weighted by Gasteiger charge is 2.23. The maximum absolute atomic E-state index is 12.5. The molecule has 4 rings (SSSR count). The number of hydrogen-bond acceptors (Lipinski definition) is 4. The first-order valence-electron chi connectivity index (χ1n) is 10.5. The molecule has 0 aliphatic carbocycles. The number of hydrogen-bond donors (Lipinski definition) is 0. The van der Waals surface area contributed by atoms with Crippen molar-refractivity contribution in [1.82, 2.24) is 9.88 Å². The van der Waals surface area contributed by atoms with Gasteiger partial charge in [-0.05, 0) is 49.5 Å². The zero-order valence-electron chi connectivity index (χ0n) is 17.5. The number of likely N-dealkylation sites (tertiary alicyclic amines) is 1. The molecule has 0 bridgehead atoms. The first kappa shape index (κ1) is 21.6. The van der Waals surface area contributed by atoms with Gasteiger partial charge in [-0.15, -0.1) is 11.3 Å². The van der Waals surface area contributed by atoms with Crippen LogP contribution >= 0.6 is 22.9 Å². The minimum atomic E-state index is -0.235. The van der Waals surface area contributed by atoms with Gasteiger partial charge in [0.15, 0.2) is 0 Å². The number of nitrogens with zero attached hydrogens (tertiary/aromatic N) is 2. The van der Waals surface area contributed by atoms with Gasteiger partial charge < -0.3 is 9.64 Å². The zero-order chi connectivity index (χ0) is 21.6. The fourth-order valence-electron chi connectivity index (χ4n) is 3.65. The van der Waals surface area contributed by atoms with Crippen LogP contribution in [0.15, 0.2) is 60.7 Å². The van der Waals surface area contributed by atoms with Gasteiger partial charge in [0.1, 0.15) is 11.6 Å². The van der Waals surface area contributed by atoms with Crippen molar-refractivity contribution in [3.8, 4) is 10.6 Å². The summed E-state index contributed by atoms with van der Waals surface area (Å²) >= 11 is 7.66. The predicted molar refractivity (Wildman–Crippen MR) is 127 cm³/mol. The Kier molecular flexibility index (Phi) is 7.05. The van der Waals surface area contributed by atoms with Gasteiger partial charge in [0.25, 0.3) is 0 Å². The largest absolute Gasteiger partial charge is 0.445 e. The summed E-state index contributed by atoms with van der Waals surface area (Å²) in [5, 5.41) is 1.71. The van der Waals surface area contributed by atoms with Gasteiger partial charge in [0, 0.05) is 23.7 Å². The van der Waals surface area contributed by atoms with Crippen molar-refractivity contribution in [2.24, 2.45) is 5.92 Å². The molecule has 3 aromatic rings. The van der Waals surface area contributed by atoms with Crippen LogP contribution in [-0.4, -0.2) is 29.1 Å². The van der Waals surface area contributed by atoms with E-state index < -0.39 is 0 Å². The number of ether oxygens (including phenoxy) is 1. The molecule has 6 heteroatoms. The van der Waals surface area contributed by atoms with Crippen LogP contribution in [0.3, 0.4) is 0 Å². The van der Waals surface area contributed by atoms with Gasteiger partial charge in [-0.2, -0.15) is 0 Å². The molecule has 1 aromatic heterocycles. The van der Waals surface area contributed by atoms with E-state index in [9.17, 15) is 4.79 Å². The van der Waals surface area contributed by atoms with Crippen LogP contribution in [0, 0.1) is 12.8 Å². The molecule has 1 amide bonds. The zero-order valence-corrected chi connectivity index (χ0v) is 19.0. The van der Waals surface area contributed by atoms with Crippen LogP contribution in [0.5, 0.6) is 0 Å². The second-order valence-corrected chi connectivity index (χ2v) is 9.19. The quantitative estimate of drug-likeness (QED) is 0.425. The lowest BCUT2D eigenvalue weighted by Gasteiger charge is -2.30. The second-order valence-electron chi connectivity index (χ2n) is 7.72. The number of halogens is 1. The number of amides is 1. The van der Waals surface area contributed by atoms with Crippen molar-refractivity contribution < 1.29 is 9.53 Å². The Morgan fingerprint density at radius 1 is 1.23 bits per heavy atom. The van der Waals surface area contributed by atoms with Gasteiger partial charge in [0.2, 0.25) is 0 Å². The number of aromatic nitrogens is 1. The number of aryl methyl sites for hydroxylation is 1. The van der Waals surface area contributed by atoms with Gasteiger partial charge in [0.05, 0.1) is 10.6 Å². The number of carbonyl (C=O) groups excluding carboxylic acids is 1. The minimum absolute atomic E-state index is 0.235. The van der Waals surface area contributed by atoms with Crippen molar-refractivity contribution in [3.63, 3.8) is 0 Å². The Bertz CT molecular complexity index is 1050. The van der Waals surface area contributed by atoms with E-state index in [1.165, 1.54) is 0 Å². The van der Waals surface area contributed by atoms with Crippen LogP contribution in [0.4, 0.5) is 4.79 Å². The van der Waals surface area contributed by atoms with Crippen molar-refractivity contribution >= 4 is 35.1 Å². The summed E-state index contributed by atoms with van der Waals surface area (Å²) in [6, 6.07) is 17.5. The van der Waals surface area contributed by atoms with E-state index in [-0.39, 0.29) is 6.09 Å². The molecule has 1 unspecified atom stereocenters. The van der Waals surface area contributed by atoms with Crippen LogP contribution in [0.25, 0.3) is 16.6 Å². The topological polar surface area (TPSA) is 42.4 Å². The molecule has 2 heterocycles. The van der Waals surface area contributed by atoms with Crippen LogP contribution in [0.2, 0.25) is 5.02 Å². The molecule has 0 radical (unpaired) electrons. The van der Waals surface area contributed by atoms with E-state index in [1.54, 1.807) is 11.3 Å². The maximum Gasteiger partial charge on any atom is 0.410 e. The SMILES string of the molecule is Cc1nc(-c2ccc(Cl)cc2)sc1/C=C/C1CCCN(C(=O)OCc2ccccc2)C1. The molecule has 1 atom stereocenters. The average molecular weight is 453 g/mol. The Labute approximate surface area is 192 Å². The van der Waals surface area contributed by atoms with Gasteiger partial charge in [-0.1, -0.05) is 60.1 Å². The molecule has 1 aliphatic rings. The lowest BCUT2D eigenvalue weighted by molar-refractivity contribution is 0.0836. The highest BCUT2D eigenvalue weighted by molar-refractivity contribution is 7.16. The van der Waals surface area contributed by atoms with Crippen molar-refractivity contribution in [3.05, 3.63) is 81.8 Å². The molecule has 31 heavy (non-hydrogen) atoms. The Morgan fingerprint density at radius 3 is 2.77 bits per heavy atom. The highest BCUT2D eigenvalue weighted by atomic mass is 35.5. The first-order valence-corrected chi connectivity index (χ1v) is 11.6. The summed E-state index contributed by atoms with van der Waals surface area (Å²) in [6.07, 6.45) is 6.17. The fourth-order valence-corrected chi connectivity index (χ4v) is 4.76. The molecule has 4 nitrogen and oxygen atoms in total. The van der Waals surface area contributed by atoms with Crippen molar-refractivity contribution in [1.29, 1.82) is 0 Å². The van der Waals surface area contributed by atoms with E-state index in [1.807, 2.05) is 66.4 Å². The molecule has 0 saturated carbocycles. The third kappa shape index (κ3) is 5.75. The van der Waals surface area contributed by atoms with E-state index >= 15 is 0 Å². The lowest BCUT2D eigenvalue weighted by atomic mass is 9.98. The van der Waals surface area contributed by atoms with Gasteiger partial charge >= 0.3 is 6.09 Å². The number of piperidine rings is 1. The normalized spacial score (nSPS) is 16.6. The van der Waals surface area contributed by atoms with E-state index in [0.717, 1.165) is 51.1 Å². The summed E-state index contributed by atoms with van der Waals surface area (Å²) < 4.78 is 5.50.